The third kappa shape index (κ3) is 3.82. The van der Waals surface area contributed by atoms with Gasteiger partial charge in [-0.25, -0.2) is 0 Å². The maximum absolute atomic E-state index is 11.3. The van der Waals surface area contributed by atoms with Crippen LogP contribution in [0.25, 0.3) is 0 Å². The van der Waals surface area contributed by atoms with E-state index in [4.69, 9.17) is 15.2 Å². The summed E-state index contributed by atoms with van der Waals surface area (Å²) in [6.07, 6.45) is 0.702. The molecule has 4 nitrogen and oxygen atoms in total. The lowest BCUT2D eigenvalue weighted by Gasteiger charge is -2.17. The Morgan fingerprint density at radius 1 is 1.57 bits per heavy atom. The molecular formula is C9H18ClNO3. The topological polar surface area (TPSA) is 61.6 Å². The van der Waals surface area contributed by atoms with Gasteiger partial charge in [0.15, 0.2) is 0 Å². The molecule has 14 heavy (non-hydrogen) atoms. The molecule has 1 unspecified atom stereocenters. The number of halogens is 1. The summed E-state index contributed by atoms with van der Waals surface area (Å²) in [6, 6.07) is -0.513. The number of nitrogens with two attached hydrogens (primary N) is 1. The first-order valence-corrected chi connectivity index (χ1v) is 4.65. The highest BCUT2D eigenvalue weighted by Crippen LogP contribution is 2.10. The number of hydrogen-bond donors (Lipinski definition) is 1. The summed E-state index contributed by atoms with van der Waals surface area (Å²) in [5.74, 6) is -0.194. The van der Waals surface area contributed by atoms with Gasteiger partial charge in [-0.05, 0) is 5.92 Å². The second-order valence-corrected chi connectivity index (χ2v) is 3.69. The lowest BCUT2D eigenvalue weighted by Crippen LogP contribution is -2.39. The Kier molecular flexibility index (Phi) is 6.08. The molecule has 1 rings (SSSR count). The van der Waals surface area contributed by atoms with Gasteiger partial charge in [0.2, 0.25) is 0 Å². The summed E-state index contributed by atoms with van der Waals surface area (Å²) in [4.78, 5) is 11.3. The largest absolute Gasteiger partial charge is 0.459 e. The fourth-order valence-corrected chi connectivity index (χ4v) is 1.12. The van der Waals surface area contributed by atoms with Crippen LogP contribution in [-0.4, -0.2) is 31.3 Å². The molecule has 2 N–H and O–H groups in total. The molecule has 2 atom stereocenters. The minimum Gasteiger partial charge on any atom is -0.459 e. The highest BCUT2D eigenvalue weighted by atomic mass is 35.5. The molecule has 0 aromatic rings. The Bertz CT molecular complexity index is 181. The summed E-state index contributed by atoms with van der Waals surface area (Å²) in [6.45, 7) is 4.99. The van der Waals surface area contributed by atoms with Crippen LogP contribution in [0.15, 0.2) is 0 Å². The zero-order valence-electron chi connectivity index (χ0n) is 8.56. The van der Waals surface area contributed by atoms with Crippen LogP contribution in [-0.2, 0) is 14.3 Å². The maximum atomic E-state index is 11.3. The van der Waals surface area contributed by atoms with Crippen molar-refractivity contribution in [2.75, 3.05) is 13.2 Å². The van der Waals surface area contributed by atoms with Crippen molar-refractivity contribution in [1.82, 2.24) is 0 Å². The van der Waals surface area contributed by atoms with Gasteiger partial charge in [-0.1, -0.05) is 13.8 Å². The van der Waals surface area contributed by atoms with E-state index in [2.05, 4.69) is 0 Å². The van der Waals surface area contributed by atoms with Gasteiger partial charge in [0.1, 0.15) is 12.1 Å². The van der Waals surface area contributed by atoms with E-state index in [9.17, 15) is 4.79 Å². The van der Waals surface area contributed by atoms with Crippen molar-refractivity contribution in [1.29, 1.82) is 0 Å². The van der Waals surface area contributed by atoms with Crippen LogP contribution in [0.4, 0.5) is 0 Å². The predicted octanol–water partition coefficient (Wildman–Crippen LogP) is 0.724. The summed E-state index contributed by atoms with van der Waals surface area (Å²) in [5, 5.41) is 0. The molecule has 0 spiro atoms. The van der Waals surface area contributed by atoms with Gasteiger partial charge in [0.25, 0.3) is 0 Å². The van der Waals surface area contributed by atoms with E-state index in [1.54, 1.807) is 0 Å². The molecule has 1 saturated heterocycles. The third-order valence-electron chi connectivity index (χ3n) is 2.16. The van der Waals surface area contributed by atoms with Crippen molar-refractivity contribution < 1.29 is 14.3 Å². The van der Waals surface area contributed by atoms with Gasteiger partial charge in [0, 0.05) is 6.42 Å². The molecule has 0 aliphatic carbocycles. The molecule has 0 radical (unpaired) electrons. The van der Waals surface area contributed by atoms with Crippen LogP contribution in [0, 0.1) is 5.92 Å². The van der Waals surface area contributed by atoms with Gasteiger partial charge in [-0.15, -0.1) is 12.4 Å². The predicted molar refractivity (Wildman–Crippen MR) is 55.4 cm³/mol. The van der Waals surface area contributed by atoms with Crippen molar-refractivity contribution in [3.8, 4) is 0 Å². The number of ether oxygens (including phenoxy) is 2. The highest BCUT2D eigenvalue weighted by molar-refractivity contribution is 5.85. The quantitative estimate of drug-likeness (QED) is 0.717. The molecule has 0 aromatic heterocycles. The summed E-state index contributed by atoms with van der Waals surface area (Å²) >= 11 is 0. The van der Waals surface area contributed by atoms with Gasteiger partial charge in [-0.2, -0.15) is 0 Å². The lowest BCUT2D eigenvalue weighted by atomic mass is 10.1. The first-order valence-electron chi connectivity index (χ1n) is 4.65. The molecule has 0 saturated carbocycles. The average molecular weight is 224 g/mol. The standard InChI is InChI=1S/C9H17NO3.ClH/c1-6(2)8(10)9(11)13-7-3-4-12-5-7;/h6-8H,3-5,10H2,1-2H3;1H/t7-,8?;/m0./s1. The van der Waals surface area contributed by atoms with E-state index in [0.717, 1.165) is 6.42 Å². The second kappa shape index (κ2) is 6.22. The van der Waals surface area contributed by atoms with Crippen LogP contribution in [0.3, 0.4) is 0 Å². The smallest absolute Gasteiger partial charge is 0.323 e. The average Bonchev–Trinajstić information content (AvgIpc) is 2.55. The Balaban J connectivity index is 0.00000169. The maximum Gasteiger partial charge on any atom is 0.323 e. The first kappa shape index (κ1) is 13.7. The van der Waals surface area contributed by atoms with E-state index in [-0.39, 0.29) is 30.4 Å². The Morgan fingerprint density at radius 3 is 2.64 bits per heavy atom. The molecular weight excluding hydrogens is 206 g/mol. The van der Waals surface area contributed by atoms with Crippen LogP contribution in [0.1, 0.15) is 20.3 Å². The Morgan fingerprint density at radius 2 is 2.21 bits per heavy atom. The Hall–Kier alpha value is -0.320. The van der Waals surface area contributed by atoms with Crippen LogP contribution < -0.4 is 5.73 Å². The lowest BCUT2D eigenvalue weighted by molar-refractivity contribution is -0.151. The third-order valence-corrected chi connectivity index (χ3v) is 2.16. The first-order chi connectivity index (χ1) is 6.11. The summed E-state index contributed by atoms with van der Waals surface area (Å²) < 4.78 is 10.2. The van der Waals surface area contributed by atoms with Crippen molar-refractivity contribution in [3.05, 3.63) is 0 Å². The molecule has 1 fully saturated rings. The van der Waals surface area contributed by atoms with E-state index < -0.39 is 6.04 Å². The molecule has 1 heterocycles. The van der Waals surface area contributed by atoms with Gasteiger partial charge in [0.05, 0.1) is 13.2 Å². The number of carbonyl (C=O) groups excluding carboxylic acids is 1. The number of carbonyl (C=O) groups is 1. The van der Waals surface area contributed by atoms with Crippen molar-refractivity contribution in [2.24, 2.45) is 11.7 Å². The van der Waals surface area contributed by atoms with E-state index in [1.807, 2.05) is 13.8 Å². The van der Waals surface area contributed by atoms with E-state index >= 15 is 0 Å². The van der Waals surface area contributed by atoms with Gasteiger partial charge < -0.3 is 15.2 Å². The minimum absolute atomic E-state index is 0. The van der Waals surface area contributed by atoms with Gasteiger partial charge in [-0.3, -0.25) is 4.79 Å². The highest BCUT2D eigenvalue weighted by Gasteiger charge is 2.25. The zero-order chi connectivity index (χ0) is 9.84. The summed E-state index contributed by atoms with van der Waals surface area (Å²) in [5.41, 5.74) is 5.62. The molecule has 1 aliphatic rings. The number of rotatable bonds is 3. The second-order valence-electron chi connectivity index (χ2n) is 3.69. The Labute approximate surface area is 90.5 Å². The minimum atomic E-state index is -0.513. The number of hydrogen-bond acceptors (Lipinski definition) is 4. The molecule has 1 aliphatic heterocycles. The fraction of sp³-hybridized carbons (Fsp3) is 0.889. The van der Waals surface area contributed by atoms with Crippen molar-refractivity contribution in [3.63, 3.8) is 0 Å². The van der Waals surface area contributed by atoms with Crippen molar-refractivity contribution >= 4 is 18.4 Å². The van der Waals surface area contributed by atoms with Crippen LogP contribution in [0.5, 0.6) is 0 Å². The van der Waals surface area contributed by atoms with Crippen LogP contribution >= 0.6 is 12.4 Å². The van der Waals surface area contributed by atoms with Gasteiger partial charge >= 0.3 is 5.97 Å². The van der Waals surface area contributed by atoms with Crippen molar-refractivity contribution in [2.45, 2.75) is 32.4 Å². The van der Waals surface area contributed by atoms with E-state index in [1.165, 1.54) is 0 Å². The fourth-order valence-electron chi connectivity index (χ4n) is 1.12. The molecule has 0 bridgehead atoms. The monoisotopic (exact) mass is 223 g/mol. The van der Waals surface area contributed by atoms with Crippen LogP contribution in [0.2, 0.25) is 0 Å². The number of esters is 1. The molecule has 84 valence electrons. The zero-order valence-corrected chi connectivity index (χ0v) is 9.38. The normalized spacial score (nSPS) is 23.0. The SMILES string of the molecule is CC(C)C(N)C(=O)O[C@H]1CCOC1.Cl. The molecule has 0 amide bonds. The molecule has 5 heteroatoms. The van der Waals surface area contributed by atoms with E-state index in [0.29, 0.717) is 13.2 Å². The summed E-state index contributed by atoms with van der Waals surface area (Å²) in [7, 11) is 0. The molecule has 0 aromatic carbocycles.